The number of hydrogen-bond donors (Lipinski definition) is 0. The molecule has 0 spiro atoms. The molecule has 0 aliphatic carbocycles. The van der Waals surface area contributed by atoms with Crippen LogP contribution in [0, 0.1) is 0 Å². The molecule has 0 aliphatic rings. The maximum atomic E-state index is 15.3. The van der Waals surface area contributed by atoms with Gasteiger partial charge in [0.05, 0.1) is 0 Å². The summed E-state index contributed by atoms with van der Waals surface area (Å²) < 4.78 is 17.8. The quantitative estimate of drug-likeness (QED) is 0.104. The van der Waals surface area contributed by atoms with E-state index in [4.69, 9.17) is 0 Å². The number of rotatable bonds is 4. The van der Waals surface area contributed by atoms with Gasteiger partial charge in [0, 0.05) is 36.1 Å². The van der Waals surface area contributed by atoms with Crippen molar-refractivity contribution in [3.05, 3.63) is 176 Å². The summed E-state index contributed by atoms with van der Waals surface area (Å²) in [5.74, 6) is 0. The Morgan fingerprint density at radius 2 is 0.878 bits per heavy atom. The molecule has 0 unspecified atom stereocenters. The smallest absolute Gasteiger partial charge is 0.171 e. The molecular formula is C46H29OPS. The van der Waals surface area contributed by atoms with Crippen LogP contribution >= 0.6 is 18.5 Å². The molecule has 0 bridgehead atoms. The van der Waals surface area contributed by atoms with Crippen molar-refractivity contribution in [2.24, 2.45) is 0 Å². The number of benzene rings is 9. The van der Waals surface area contributed by atoms with Crippen molar-refractivity contribution in [2.75, 3.05) is 0 Å². The molecule has 230 valence electrons. The molecule has 0 atom stereocenters. The van der Waals surface area contributed by atoms with Gasteiger partial charge in [-0.1, -0.05) is 140 Å². The van der Waals surface area contributed by atoms with E-state index >= 15 is 4.57 Å². The monoisotopic (exact) mass is 660 g/mol. The van der Waals surface area contributed by atoms with E-state index in [9.17, 15) is 0 Å². The van der Waals surface area contributed by atoms with E-state index in [2.05, 4.69) is 115 Å². The summed E-state index contributed by atoms with van der Waals surface area (Å²) in [6.45, 7) is 0. The first-order valence-electron chi connectivity index (χ1n) is 16.6. The predicted molar refractivity (Wildman–Crippen MR) is 214 cm³/mol. The molecule has 0 radical (unpaired) electrons. The maximum absolute atomic E-state index is 15.3. The molecule has 0 saturated heterocycles. The Hall–Kier alpha value is -5.53. The lowest BCUT2D eigenvalue weighted by Crippen LogP contribution is -2.24. The lowest BCUT2D eigenvalue weighted by atomic mass is 9.86. The van der Waals surface area contributed by atoms with Crippen molar-refractivity contribution in [1.82, 2.24) is 0 Å². The van der Waals surface area contributed by atoms with E-state index in [0.717, 1.165) is 21.3 Å². The van der Waals surface area contributed by atoms with Crippen LogP contribution in [-0.2, 0) is 4.57 Å². The van der Waals surface area contributed by atoms with E-state index in [1.54, 1.807) is 11.3 Å². The van der Waals surface area contributed by atoms with E-state index in [1.807, 2.05) is 60.7 Å². The standard InChI is InChI=1S/C46H29OPS/c47-48(32-14-3-1-4-15-32,33-16-5-2-6-17-33)34-24-26-44-41(29-34)40-28-31(23-25-43(40)49-44)45-35-18-8-7-13-30(35)27-42-38-21-10-9-19-36(38)37-20-11-12-22-39(37)46(42)45/h1-29H. The van der Waals surface area contributed by atoms with Crippen LogP contribution < -0.4 is 15.9 Å². The van der Waals surface area contributed by atoms with Crippen molar-refractivity contribution in [3.8, 4) is 11.1 Å². The largest absolute Gasteiger partial charge is 0.309 e. The van der Waals surface area contributed by atoms with Crippen LogP contribution in [-0.4, -0.2) is 0 Å². The van der Waals surface area contributed by atoms with Gasteiger partial charge in [-0.3, -0.25) is 0 Å². The predicted octanol–water partition coefficient (Wildman–Crippen LogP) is 12.0. The lowest BCUT2D eigenvalue weighted by Gasteiger charge is -2.20. The Morgan fingerprint density at radius 1 is 0.367 bits per heavy atom. The third kappa shape index (κ3) is 4.28. The van der Waals surface area contributed by atoms with Crippen LogP contribution in [0.5, 0.6) is 0 Å². The Balaban J connectivity index is 1.29. The Labute approximate surface area is 288 Å². The fourth-order valence-electron chi connectivity index (χ4n) is 7.87. The number of fused-ring (bicyclic) bond motifs is 10. The van der Waals surface area contributed by atoms with Crippen LogP contribution in [0.15, 0.2) is 176 Å². The van der Waals surface area contributed by atoms with Crippen molar-refractivity contribution < 1.29 is 4.57 Å². The first-order valence-corrected chi connectivity index (χ1v) is 19.1. The molecule has 1 nitrogen and oxygen atoms in total. The number of thiophene rings is 1. The lowest BCUT2D eigenvalue weighted by molar-refractivity contribution is 0.592. The van der Waals surface area contributed by atoms with Gasteiger partial charge >= 0.3 is 0 Å². The summed E-state index contributed by atoms with van der Waals surface area (Å²) in [6.07, 6.45) is 0. The average Bonchev–Trinajstić information content (AvgIpc) is 3.55. The Bertz CT molecular complexity index is 2920. The Morgan fingerprint density at radius 3 is 1.55 bits per heavy atom. The van der Waals surface area contributed by atoms with Gasteiger partial charge in [0.2, 0.25) is 0 Å². The second kappa shape index (κ2) is 11.0. The first kappa shape index (κ1) is 28.5. The topological polar surface area (TPSA) is 17.1 Å². The highest BCUT2D eigenvalue weighted by molar-refractivity contribution is 7.85. The minimum Gasteiger partial charge on any atom is -0.309 e. The zero-order valence-electron chi connectivity index (χ0n) is 26.5. The van der Waals surface area contributed by atoms with Gasteiger partial charge in [-0.05, 0) is 90.6 Å². The molecule has 3 heteroatoms. The SMILES string of the molecule is O=P(c1ccccc1)(c1ccccc1)c1ccc2sc3ccc(-c4c5ccccc5cc5c6ccccc6c6ccccc6c45)cc3c2c1. The number of hydrogen-bond acceptors (Lipinski definition) is 2. The molecule has 0 amide bonds. The highest BCUT2D eigenvalue weighted by Gasteiger charge is 2.30. The molecule has 0 fully saturated rings. The zero-order valence-corrected chi connectivity index (χ0v) is 28.2. The van der Waals surface area contributed by atoms with Crippen molar-refractivity contribution in [2.45, 2.75) is 0 Å². The van der Waals surface area contributed by atoms with Gasteiger partial charge in [-0.2, -0.15) is 0 Å². The minimum absolute atomic E-state index is 0.849. The average molecular weight is 661 g/mol. The van der Waals surface area contributed by atoms with Crippen molar-refractivity contribution in [1.29, 1.82) is 0 Å². The summed E-state index contributed by atoms with van der Waals surface area (Å²) in [4.78, 5) is 0. The minimum atomic E-state index is -3.12. The van der Waals surface area contributed by atoms with Gasteiger partial charge in [0.15, 0.2) is 7.14 Å². The second-order valence-corrected chi connectivity index (χ2v) is 16.6. The van der Waals surface area contributed by atoms with Crippen LogP contribution in [0.4, 0.5) is 0 Å². The van der Waals surface area contributed by atoms with Crippen LogP contribution in [0.1, 0.15) is 0 Å². The highest BCUT2D eigenvalue weighted by Crippen LogP contribution is 2.47. The summed E-state index contributed by atoms with van der Waals surface area (Å²) in [7, 11) is -3.12. The van der Waals surface area contributed by atoms with Crippen molar-refractivity contribution >= 4 is 97.7 Å². The zero-order chi connectivity index (χ0) is 32.5. The van der Waals surface area contributed by atoms with Crippen molar-refractivity contribution in [3.63, 3.8) is 0 Å². The van der Waals surface area contributed by atoms with Gasteiger partial charge in [0.25, 0.3) is 0 Å². The highest BCUT2D eigenvalue weighted by atomic mass is 32.1. The summed E-state index contributed by atoms with van der Waals surface area (Å²) in [5, 5.41) is 15.0. The molecule has 10 rings (SSSR count). The van der Waals surface area contributed by atoms with Crippen LogP contribution in [0.25, 0.3) is 74.4 Å². The van der Waals surface area contributed by atoms with E-state index in [-0.39, 0.29) is 0 Å². The third-order valence-electron chi connectivity index (χ3n) is 10.1. The summed E-state index contributed by atoms with van der Waals surface area (Å²) >= 11 is 1.80. The van der Waals surface area contributed by atoms with Gasteiger partial charge < -0.3 is 4.57 Å². The molecule has 0 aliphatic heterocycles. The van der Waals surface area contributed by atoms with Gasteiger partial charge in [-0.15, -0.1) is 11.3 Å². The van der Waals surface area contributed by atoms with E-state index in [0.29, 0.717) is 0 Å². The maximum Gasteiger partial charge on any atom is 0.171 e. The first-order chi connectivity index (χ1) is 24.2. The van der Waals surface area contributed by atoms with Gasteiger partial charge in [-0.25, -0.2) is 0 Å². The van der Waals surface area contributed by atoms with Crippen LogP contribution in [0.3, 0.4) is 0 Å². The summed E-state index contributed by atoms with van der Waals surface area (Å²) in [6, 6.07) is 62.1. The van der Waals surface area contributed by atoms with Gasteiger partial charge in [0.1, 0.15) is 0 Å². The molecule has 49 heavy (non-hydrogen) atoms. The molecule has 0 N–H and O–H groups in total. The van der Waals surface area contributed by atoms with E-state index in [1.165, 1.54) is 69.0 Å². The molecule has 0 saturated carbocycles. The normalized spacial score (nSPS) is 12.2. The fourth-order valence-corrected chi connectivity index (χ4v) is 11.6. The van der Waals surface area contributed by atoms with E-state index < -0.39 is 7.14 Å². The van der Waals surface area contributed by atoms with Crippen LogP contribution in [0.2, 0.25) is 0 Å². The molecule has 9 aromatic carbocycles. The molecule has 1 aromatic heterocycles. The molecule has 10 aromatic rings. The third-order valence-corrected chi connectivity index (χ3v) is 14.3. The Kier molecular flexibility index (Phi) is 6.40. The fraction of sp³-hybridized carbons (Fsp3) is 0. The summed E-state index contributed by atoms with van der Waals surface area (Å²) in [5.41, 5.74) is 2.45. The molecule has 1 heterocycles. The second-order valence-electron chi connectivity index (χ2n) is 12.8. The molecular weight excluding hydrogens is 632 g/mol.